The largest absolute Gasteiger partial charge is 0.492 e. The normalized spacial score (nSPS) is 10.4. The van der Waals surface area contributed by atoms with Crippen molar-refractivity contribution in [3.05, 3.63) is 27.2 Å². The van der Waals surface area contributed by atoms with Gasteiger partial charge in [-0.2, -0.15) is 0 Å². The molecule has 1 aromatic carbocycles. The van der Waals surface area contributed by atoms with Gasteiger partial charge in [-0.1, -0.05) is 34.8 Å². The number of rotatable bonds is 5. The van der Waals surface area contributed by atoms with Crippen molar-refractivity contribution in [2.24, 2.45) is 0 Å². The van der Waals surface area contributed by atoms with Crippen molar-refractivity contribution in [2.45, 2.75) is 6.42 Å². The zero-order valence-electron chi connectivity index (χ0n) is 8.32. The summed E-state index contributed by atoms with van der Waals surface area (Å²) in [4.78, 5) is 0. The zero-order chi connectivity index (χ0) is 11.3. The van der Waals surface area contributed by atoms with Gasteiger partial charge in [0.15, 0.2) is 0 Å². The van der Waals surface area contributed by atoms with Crippen LogP contribution in [-0.4, -0.2) is 20.2 Å². The van der Waals surface area contributed by atoms with Crippen LogP contribution in [0.25, 0.3) is 0 Å². The number of nitrogens with one attached hydrogen (secondary N) is 1. The van der Waals surface area contributed by atoms with Crippen LogP contribution >= 0.6 is 34.8 Å². The highest BCUT2D eigenvalue weighted by Gasteiger charge is 2.06. The molecular weight excluding hydrogens is 256 g/mol. The minimum atomic E-state index is 0.434. The van der Waals surface area contributed by atoms with Gasteiger partial charge in [-0.05, 0) is 26.1 Å². The van der Waals surface area contributed by atoms with Crippen LogP contribution in [0.2, 0.25) is 15.1 Å². The molecule has 0 saturated heterocycles. The SMILES string of the molecule is CNCCCOc1cc(Cl)c(Cl)cc1Cl. The molecule has 2 nitrogen and oxygen atoms in total. The zero-order valence-corrected chi connectivity index (χ0v) is 10.6. The molecule has 1 aromatic rings. The second-order valence-corrected chi connectivity index (χ2v) is 4.22. The molecule has 1 N–H and O–H groups in total. The predicted octanol–water partition coefficient (Wildman–Crippen LogP) is 3.64. The van der Waals surface area contributed by atoms with Crippen molar-refractivity contribution in [1.82, 2.24) is 5.32 Å². The van der Waals surface area contributed by atoms with Crippen LogP contribution in [0.5, 0.6) is 5.75 Å². The molecule has 0 spiro atoms. The highest BCUT2D eigenvalue weighted by Crippen LogP contribution is 2.33. The average molecular weight is 269 g/mol. The topological polar surface area (TPSA) is 21.3 Å². The molecule has 0 atom stereocenters. The van der Waals surface area contributed by atoms with E-state index in [1.165, 1.54) is 0 Å². The predicted molar refractivity (Wildman–Crippen MR) is 65.5 cm³/mol. The van der Waals surface area contributed by atoms with Gasteiger partial charge in [0.1, 0.15) is 5.75 Å². The summed E-state index contributed by atoms with van der Waals surface area (Å²) in [6, 6.07) is 3.21. The molecule has 0 saturated carbocycles. The summed E-state index contributed by atoms with van der Waals surface area (Å²) < 4.78 is 5.46. The lowest BCUT2D eigenvalue weighted by atomic mass is 10.3. The third-order valence-electron chi connectivity index (χ3n) is 1.80. The second-order valence-electron chi connectivity index (χ2n) is 3.00. The minimum absolute atomic E-state index is 0.434. The highest BCUT2D eigenvalue weighted by atomic mass is 35.5. The molecule has 0 aromatic heterocycles. The van der Waals surface area contributed by atoms with E-state index in [1.807, 2.05) is 7.05 Å². The molecule has 0 heterocycles. The Kier molecular flexibility index (Phi) is 5.54. The lowest BCUT2D eigenvalue weighted by Gasteiger charge is -2.08. The first-order valence-corrected chi connectivity index (χ1v) is 5.70. The van der Waals surface area contributed by atoms with E-state index in [0.29, 0.717) is 27.4 Å². The van der Waals surface area contributed by atoms with Crippen LogP contribution in [-0.2, 0) is 0 Å². The van der Waals surface area contributed by atoms with Gasteiger partial charge >= 0.3 is 0 Å². The van der Waals surface area contributed by atoms with E-state index in [1.54, 1.807) is 12.1 Å². The second kappa shape index (κ2) is 6.44. The van der Waals surface area contributed by atoms with Gasteiger partial charge in [0.2, 0.25) is 0 Å². The van der Waals surface area contributed by atoms with Gasteiger partial charge in [-0.3, -0.25) is 0 Å². The Balaban J connectivity index is 2.57. The molecule has 0 amide bonds. The number of benzene rings is 1. The number of halogens is 3. The van der Waals surface area contributed by atoms with Gasteiger partial charge in [-0.15, -0.1) is 0 Å². The van der Waals surface area contributed by atoms with Crippen LogP contribution in [0.15, 0.2) is 12.1 Å². The Morgan fingerprint density at radius 3 is 2.47 bits per heavy atom. The van der Waals surface area contributed by atoms with E-state index in [9.17, 15) is 0 Å². The fraction of sp³-hybridized carbons (Fsp3) is 0.400. The van der Waals surface area contributed by atoms with Crippen molar-refractivity contribution in [3.63, 3.8) is 0 Å². The molecule has 0 unspecified atom stereocenters. The molecule has 0 aliphatic heterocycles. The standard InChI is InChI=1S/C10H12Cl3NO/c1-14-3-2-4-15-10-6-8(12)7(11)5-9(10)13/h5-6,14H,2-4H2,1H3. The maximum Gasteiger partial charge on any atom is 0.139 e. The van der Waals surface area contributed by atoms with E-state index < -0.39 is 0 Å². The molecule has 84 valence electrons. The number of hydrogen-bond acceptors (Lipinski definition) is 2. The van der Waals surface area contributed by atoms with Gasteiger partial charge in [0.05, 0.1) is 21.7 Å². The maximum absolute atomic E-state index is 5.93. The molecule has 0 radical (unpaired) electrons. The first kappa shape index (κ1) is 12.9. The maximum atomic E-state index is 5.93. The van der Waals surface area contributed by atoms with Crippen LogP contribution in [0.4, 0.5) is 0 Å². The molecular formula is C10H12Cl3NO. The van der Waals surface area contributed by atoms with Crippen LogP contribution in [0.3, 0.4) is 0 Å². The summed E-state index contributed by atoms with van der Waals surface area (Å²) in [6.07, 6.45) is 0.910. The summed E-state index contributed by atoms with van der Waals surface area (Å²) in [7, 11) is 1.89. The Hall–Kier alpha value is -0.150. The van der Waals surface area contributed by atoms with Crippen molar-refractivity contribution in [1.29, 1.82) is 0 Å². The van der Waals surface area contributed by atoms with Crippen LogP contribution in [0, 0.1) is 0 Å². The van der Waals surface area contributed by atoms with Crippen molar-refractivity contribution in [2.75, 3.05) is 20.2 Å². The summed E-state index contributed by atoms with van der Waals surface area (Å²) in [5.74, 6) is 0.571. The minimum Gasteiger partial charge on any atom is -0.492 e. The van der Waals surface area contributed by atoms with E-state index in [2.05, 4.69) is 5.32 Å². The Bertz CT molecular complexity index is 331. The lowest BCUT2D eigenvalue weighted by molar-refractivity contribution is 0.310. The highest BCUT2D eigenvalue weighted by molar-refractivity contribution is 6.43. The Labute approximate surface area is 104 Å². The molecule has 0 aliphatic rings. The molecule has 5 heteroatoms. The monoisotopic (exact) mass is 267 g/mol. The van der Waals surface area contributed by atoms with Gasteiger partial charge in [-0.25, -0.2) is 0 Å². The van der Waals surface area contributed by atoms with Gasteiger partial charge < -0.3 is 10.1 Å². The van der Waals surface area contributed by atoms with Crippen LogP contribution < -0.4 is 10.1 Å². The van der Waals surface area contributed by atoms with Crippen molar-refractivity contribution >= 4 is 34.8 Å². The average Bonchev–Trinajstić information content (AvgIpc) is 2.20. The molecule has 0 bridgehead atoms. The quantitative estimate of drug-likeness (QED) is 0.650. The Morgan fingerprint density at radius 2 is 1.80 bits per heavy atom. The van der Waals surface area contributed by atoms with Gasteiger partial charge in [0, 0.05) is 6.07 Å². The number of hydrogen-bond donors (Lipinski definition) is 1. The first-order chi connectivity index (χ1) is 7.15. The third-order valence-corrected chi connectivity index (χ3v) is 2.82. The summed E-state index contributed by atoms with van der Waals surface area (Å²) >= 11 is 17.6. The fourth-order valence-electron chi connectivity index (χ4n) is 1.05. The first-order valence-electron chi connectivity index (χ1n) is 4.57. The van der Waals surface area contributed by atoms with Crippen LogP contribution in [0.1, 0.15) is 6.42 Å². The third kappa shape index (κ3) is 4.07. The molecule has 15 heavy (non-hydrogen) atoms. The van der Waals surface area contributed by atoms with E-state index >= 15 is 0 Å². The Morgan fingerprint density at radius 1 is 1.13 bits per heavy atom. The van der Waals surface area contributed by atoms with E-state index in [0.717, 1.165) is 13.0 Å². The summed E-state index contributed by atoms with van der Waals surface area (Å²) in [6.45, 7) is 1.50. The van der Waals surface area contributed by atoms with E-state index in [4.69, 9.17) is 39.5 Å². The number of ether oxygens (including phenoxy) is 1. The van der Waals surface area contributed by atoms with Crippen molar-refractivity contribution in [3.8, 4) is 5.75 Å². The van der Waals surface area contributed by atoms with E-state index in [-0.39, 0.29) is 0 Å². The lowest BCUT2D eigenvalue weighted by Crippen LogP contribution is -2.11. The molecule has 1 rings (SSSR count). The van der Waals surface area contributed by atoms with Gasteiger partial charge in [0.25, 0.3) is 0 Å². The molecule has 0 aliphatic carbocycles. The summed E-state index contributed by atoms with van der Waals surface area (Å²) in [5, 5.41) is 4.39. The fourth-order valence-corrected chi connectivity index (χ4v) is 1.64. The summed E-state index contributed by atoms with van der Waals surface area (Å²) in [5.41, 5.74) is 0. The smallest absolute Gasteiger partial charge is 0.139 e. The van der Waals surface area contributed by atoms with Crippen molar-refractivity contribution < 1.29 is 4.74 Å². The molecule has 0 fully saturated rings.